The fraction of sp³-hybridized carbons (Fsp3) is 0.300. The monoisotopic (exact) mass is 601 g/mol. The molecule has 3 aromatic carbocycles. The molecule has 2 amide bonds. The van der Waals surface area contributed by atoms with Gasteiger partial charge in [-0.15, -0.1) is 0 Å². The number of amides is 2. The largest absolute Gasteiger partial charge is 0.493 e. The van der Waals surface area contributed by atoms with Crippen molar-refractivity contribution in [3.8, 4) is 11.5 Å². The van der Waals surface area contributed by atoms with Gasteiger partial charge in [0, 0.05) is 5.02 Å². The molecule has 11 heteroatoms. The van der Waals surface area contributed by atoms with Gasteiger partial charge < -0.3 is 24.3 Å². The maximum absolute atomic E-state index is 12.9. The molecule has 0 unspecified atom stereocenters. The number of halogens is 2. The Morgan fingerprint density at radius 3 is 2.32 bits per heavy atom. The lowest BCUT2D eigenvalue weighted by molar-refractivity contribution is -0.124. The summed E-state index contributed by atoms with van der Waals surface area (Å²) in [6.07, 6.45) is 0.639. The standard InChI is InChI=1S/C30H33Cl2N3O6/c1-30(2,3)41-29(37)34-25(19-39-17-20-8-6-5-7-9-20)28(36)35-33-16-22-14-24(32)27(26(15-22)38-4)40-18-21-10-12-23(31)13-11-21/h5-16,25H,17-19H2,1-4H3,(H,34,37)(H,35,36)/b33-16-/t25-/m0/s1. The van der Waals surface area contributed by atoms with E-state index < -0.39 is 23.6 Å². The van der Waals surface area contributed by atoms with Crippen molar-refractivity contribution in [3.63, 3.8) is 0 Å². The number of hydrazone groups is 1. The molecule has 0 aromatic heterocycles. The van der Waals surface area contributed by atoms with Crippen molar-refractivity contribution < 1.29 is 28.5 Å². The maximum Gasteiger partial charge on any atom is 0.408 e. The zero-order chi connectivity index (χ0) is 29.8. The number of nitrogens with one attached hydrogen (secondary N) is 2. The molecule has 0 bridgehead atoms. The molecule has 0 fully saturated rings. The molecule has 0 radical (unpaired) electrons. The molecule has 0 spiro atoms. The molecule has 41 heavy (non-hydrogen) atoms. The van der Waals surface area contributed by atoms with E-state index in [0.29, 0.717) is 27.1 Å². The summed E-state index contributed by atoms with van der Waals surface area (Å²) >= 11 is 12.4. The van der Waals surface area contributed by atoms with Crippen LogP contribution in [0.5, 0.6) is 11.5 Å². The first kappa shape index (κ1) is 31.7. The molecular formula is C30H33Cl2N3O6. The summed E-state index contributed by atoms with van der Waals surface area (Å²) < 4.78 is 22.3. The number of ether oxygens (including phenoxy) is 4. The van der Waals surface area contributed by atoms with E-state index in [-0.39, 0.29) is 19.8 Å². The lowest BCUT2D eigenvalue weighted by Gasteiger charge is -2.22. The second-order valence-corrected chi connectivity index (χ2v) is 10.7. The first-order chi connectivity index (χ1) is 19.5. The van der Waals surface area contributed by atoms with Crippen LogP contribution >= 0.6 is 23.2 Å². The third kappa shape index (κ3) is 11.0. The average molecular weight is 603 g/mol. The highest BCUT2D eigenvalue weighted by molar-refractivity contribution is 6.32. The fourth-order valence-corrected chi connectivity index (χ4v) is 3.84. The van der Waals surface area contributed by atoms with Crippen LogP contribution < -0.4 is 20.2 Å². The Hall–Kier alpha value is -3.79. The van der Waals surface area contributed by atoms with Crippen molar-refractivity contribution >= 4 is 41.4 Å². The quantitative estimate of drug-likeness (QED) is 0.191. The van der Waals surface area contributed by atoms with Crippen molar-refractivity contribution in [1.82, 2.24) is 10.7 Å². The van der Waals surface area contributed by atoms with Crippen LogP contribution in [0.25, 0.3) is 0 Å². The molecule has 0 saturated carbocycles. The van der Waals surface area contributed by atoms with Gasteiger partial charge in [-0.2, -0.15) is 5.10 Å². The first-order valence-corrected chi connectivity index (χ1v) is 13.5. The highest BCUT2D eigenvalue weighted by Crippen LogP contribution is 2.36. The number of alkyl carbamates (subject to hydrolysis) is 1. The summed E-state index contributed by atoms with van der Waals surface area (Å²) in [5.41, 5.74) is 4.06. The summed E-state index contributed by atoms with van der Waals surface area (Å²) in [6, 6.07) is 18.9. The minimum atomic E-state index is -1.06. The normalized spacial score (nSPS) is 12.0. The molecule has 0 heterocycles. The van der Waals surface area contributed by atoms with Crippen LogP contribution in [0.4, 0.5) is 4.79 Å². The average Bonchev–Trinajstić information content (AvgIpc) is 2.92. The molecule has 2 N–H and O–H groups in total. The van der Waals surface area contributed by atoms with Crippen LogP contribution in [0, 0.1) is 0 Å². The third-order valence-corrected chi connectivity index (χ3v) is 5.87. The Morgan fingerprint density at radius 2 is 1.66 bits per heavy atom. The summed E-state index contributed by atoms with van der Waals surface area (Å²) in [5, 5.41) is 7.48. The van der Waals surface area contributed by atoms with Gasteiger partial charge in [-0.25, -0.2) is 10.2 Å². The van der Waals surface area contributed by atoms with E-state index in [0.717, 1.165) is 11.1 Å². The third-order valence-electron chi connectivity index (χ3n) is 5.34. The first-order valence-electron chi connectivity index (χ1n) is 12.7. The van der Waals surface area contributed by atoms with E-state index in [9.17, 15) is 9.59 Å². The number of hydrogen-bond donors (Lipinski definition) is 2. The molecule has 0 aliphatic heterocycles. The highest BCUT2D eigenvalue weighted by atomic mass is 35.5. The Labute approximate surface area is 249 Å². The minimum absolute atomic E-state index is 0.102. The van der Waals surface area contributed by atoms with Crippen LogP contribution in [0.15, 0.2) is 71.8 Å². The lowest BCUT2D eigenvalue weighted by Crippen LogP contribution is -2.49. The molecule has 9 nitrogen and oxygen atoms in total. The number of nitrogens with zero attached hydrogens (tertiary/aromatic N) is 1. The zero-order valence-electron chi connectivity index (χ0n) is 23.3. The molecular weight excluding hydrogens is 569 g/mol. The number of methoxy groups -OCH3 is 1. The molecule has 1 atom stereocenters. The fourth-order valence-electron chi connectivity index (χ4n) is 3.44. The van der Waals surface area contributed by atoms with E-state index in [4.69, 9.17) is 42.1 Å². The molecule has 0 aliphatic rings. The molecule has 218 valence electrons. The van der Waals surface area contributed by atoms with Gasteiger partial charge >= 0.3 is 6.09 Å². The second-order valence-electron chi connectivity index (χ2n) is 9.88. The van der Waals surface area contributed by atoms with E-state index in [2.05, 4.69) is 15.8 Å². The van der Waals surface area contributed by atoms with Crippen LogP contribution in [0.3, 0.4) is 0 Å². The summed E-state index contributed by atoms with van der Waals surface area (Å²) in [7, 11) is 1.49. The topological polar surface area (TPSA) is 107 Å². The maximum atomic E-state index is 12.9. The van der Waals surface area contributed by atoms with E-state index in [1.165, 1.54) is 13.3 Å². The predicted molar refractivity (Wildman–Crippen MR) is 159 cm³/mol. The molecule has 3 aromatic rings. The molecule has 0 saturated heterocycles. The van der Waals surface area contributed by atoms with Gasteiger partial charge in [0.25, 0.3) is 5.91 Å². The van der Waals surface area contributed by atoms with Crippen molar-refractivity contribution in [2.75, 3.05) is 13.7 Å². The SMILES string of the molecule is COc1cc(/C=N\NC(=O)[C@H](COCc2ccccc2)NC(=O)OC(C)(C)C)cc(Cl)c1OCc1ccc(Cl)cc1. The Balaban J connectivity index is 1.64. The minimum Gasteiger partial charge on any atom is -0.493 e. The van der Waals surface area contributed by atoms with Crippen molar-refractivity contribution in [2.45, 2.75) is 45.6 Å². The van der Waals surface area contributed by atoms with Gasteiger partial charge in [-0.3, -0.25) is 4.79 Å². The van der Waals surface area contributed by atoms with Crippen LogP contribution in [-0.2, 0) is 27.5 Å². The smallest absolute Gasteiger partial charge is 0.408 e. The number of benzene rings is 3. The predicted octanol–water partition coefficient (Wildman–Crippen LogP) is 6.14. The van der Waals surface area contributed by atoms with E-state index in [1.807, 2.05) is 42.5 Å². The summed E-state index contributed by atoms with van der Waals surface area (Å²) in [6.45, 7) is 5.60. The number of carbonyl (C=O) groups is 2. The second kappa shape index (κ2) is 15.3. The van der Waals surface area contributed by atoms with Gasteiger partial charge in [0.15, 0.2) is 11.5 Å². The Kier molecular flexibility index (Phi) is 11.8. The van der Waals surface area contributed by atoms with E-state index >= 15 is 0 Å². The molecule has 3 rings (SSSR count). The van der Waals surface area contributed by atoms with Crippen molar-refractivity contribution in [1.29, 1.82) is 0 Å². The van der Waals surface area contributed by atoms with Crippen LogP contribution in [0.2, 0.25) is 10.0 Å². The zero-order valence-corrected chi connectivity index (χ0v) is 24.8. The van der Waals surface area contributed by atoms with Gasteiger partial charge in [-0.05, 0) is 61.7 Å². The van der Waals surface area contributed by atoms with Crippen molar-refractivity contribution in [3.05, 3.63) is 93.5 Å². The van der Waals surface area contributed by atoms with Crippen molar-refractivity contribution in [2.24, 2.45) is 5.10 Å². The highest BCUT2D eigenvalue weighted by Gasteiger charge is 2.24. The van der Waals surface area contributed by atoms with Gasteiger partial charge in [0.2, 0.25) is 0 Å². The Morgan fingerprint density at radius 1 is 0.976 bits per heavy atom. The van der Waals surface area contributed by atoms with Gasteiger partial charge in [-0.1, -0.05) is 65.7 Å². The van der Waals surface area contributed by atoms with E-state index in [1.54, 1.807) is 45.0 Å². The lowest BCUT2D eigenvalue weighted by atomic mass is 10.2. The number of carbonyl (C=O) groups excluding carboxylic acids is 2. The molecule has 0 aliphatic carbocycles. The van der Waals surface area contributed by atoms with Gasteiger partial charge in [0.1, 0.15) is 18.2 Å². The van der Waals surface area contributed by atoms with Gasteiger partial charge in [0.05, 0.1) is 31.6 Å². The van der Waals surface area contributed by atoms with Crippen LogP contribution in [0.1, 0.15) is 37.5 Å². The Bertz CT molecular complexity index is 1330. The van der Waals surface area contributed by atoms with Crippen LogP contribution in [-0.4, -0.2) is 43.6 Å². The number of hydrogen-bond acceptors (Lipinski definition) is 7. The summed E-state index contributed by atoms with van der Waals surface area (Å²) in [4.78, 5) is 25.3. The summed E-state index contributed by atoms with van der Waals surface area (Å²) in [5.74, 6) is 0.154. The number of rotatable bonds is 12.